The van der Waals surface area contributed by atoms with Gasteiger partial charge in [0.1, 0.15) is 5.82 Å². The lowest BCUT2D eigenvalue weighted by atomic mass is 10.2. The van der Waals surface area contributed by atoms with Crippen LogP contribution < -0.4 is 5.32 Å². The highest BCUT2D eigenvalue weighted by molar-refractivity contribution is 5.45. The largest absolute Gasteiger partial charge is 0.381 e. The molecule has 0 saturated carbocycles. The SMILES string of the molecule is CCn1ncc(CNc2ccc(C)c(F)c2)c1C. The highest BCUT2D eigenvalue weighted by Gasteiger charge is 2.05. The summed E-state index contributed by atoms with van der Waals surface area (Å²) in [5, 5.41) is 7.49. The zero-order valence-corrected chi connectivity index (χ0v) is 11.0. The van der Waals surface area contributed by atoms with Gasteiger partial charge in [-0.25, -0.2) is 4.39 Å². The van der Waals surface area contributed by atoms with Crippen molar-refractivity contribution in [1.82, 2.24) is 9.78 Å². The van der Waals surface area contributed by atoms with Crippen molar-refractivity contribution >= 4 is 5.69 Å². The molecule has 18 heavy (non-hydrogen) atoms. The molecule has 0 radical (unpaired) electrons. The van der Waals surface area contributed by atoms with Gasteiger partial charge < -0.3 is 5.32 Å². The average Bonchev–Trinajstić information content (AvgIpc) is 2.72. The number of hydrogen-bond acceptors (Lipinski definition) is 2. The quantitative estimate of drug-likeness (QED) is 0.898. The molecule has 0 unspecified atom stereocenters. The number of nitrogens with one attached hydrogen (secondary N) is 1. The van der Waals surface area contributed by atoms with Crippen LogP contribution in [0.25, 0.3) is 0 Å². The highest BCUT2D eigenvalue weighted by Crippen LogP contribution is 2.15. The average molecular weight is 247 g/mol. The van der Waals surface area contributed by atoms with Crippen LogP contribution in [-0.2, 0) is 13.1 Å². The molecule has 96 valence electrons. The third-order valence-electron chi connectivity index (χ3n) is 3.16. The van der Waals surface area contributed by atoms with Gasteiger partial charge in [0.25, 0.3) is 0 Å². The Labute approximate surface area is 107 Å². The summed E-state index contributed by atoms with van der Waals surface area (Å²) in [6.45, 7) is 7.39. The van der Waals surface area contributed by atoms with Crippen molar-refractivity contribution in [2.24, 2.45) is 0 Å². The minimum absolute atomic E-state index is 0.180. The Hall–Kier alpha value is -1.84. The first-order chi connectivity index (χ1) is 8.61. The van der Waals surface area contributed by atoms with Gasteiger partial charge in [0, 0.05) is 30.0 Å². The van der Waals surface area contributed by atoms with Crippen LogP contribution in [0.1, 0.15) is 23.7 Å². The number of hydrogen-bond donors (Lipinski definition) is 1. The molecule has 0 aliphatic rings. The van der Waals surface area contributed by atoms with Gasteiger partial charge in [-0.2, -0.15) is 5.10 Å². The second-order valence-electron chi connectivity index (χ2n) is 4.39. The van der Waals surface area contributed by atoms with E-state index >= 15 is 0 Å². The van der Waals surface area contributed by atoms with E-state index in [-0.39, 0.29) is 5.82 Å². The molecule has 3 nitrogen and oxygen atoms in total. The summed E-state index contributed by atoms with van der Waals surface area (Å²) < 4.78 is 15.3. The third kappa shape index (κ3) is 2.53. The van der Waals surface area contributed by atoms with Crippen molar-refractivity contribution in [3.8, 4) is 0 Å². The van der Waals surface area contributed by atoms with Crippen molar-refractivity contribution in [1.29, 1.82) is 0 Å². The summed E-state index contributed by atoms with van der Waals surface area (Å²) >= 11 is 0. The van der Waals surface area contributed by atoms with Crippen LogP contribution in [0, 0.1) is 19.7 Å². The number of aromatic nitrogens is 2. The lowest BCUT2D eigenvalue weighted by Crippen LogP contribution is -2.03. The Kier molecular flexibility index (Phi) is 3.65. The van der Waals surface area contributed by atoms with Crippen molar-refractivity contribution in [2.75, 3.05) is 5.32 Å². The van der Waals surface area contributed by atoms with Crippen molar-refractivity contribution < 1.29 is 4.39 Å². The fourth-order valence-corrected chi connectivity index (χ4v) is 1.88. The zero-order valence-electron chi connectivity index (χ0n) is 11.0. The molecule has 0 fully saturated rings. The molecule has 1 aromatic heterocycles. The normalized spacial score (nSPS) is 10.7. The van der Waals surface area contributed by atoms with Gasteiger partial charge >= 0.3 is 0 Å². The Morgan fingerprint density at radius 1 is 1.33 bits per heavy atom. The summed E-state index contributed by atoms with van der Waals surface area (Å²) in [6.07, 6.45) is 1.86. The molecule has 0 atom stereocenters. The molecule has 0 aliphatic carbocycles. The molecule has 4 heteroatoms. The van der Waals surface area contributed by atoms with Gasteiger partial charge in [0.05, 0.1) is 6.20 Å². The van der Waals surface area contributed by atoms with E-state index in [1.807, 2.05) is 23.9 Å². The van der Waals surface area contributed by atoms with Crippen LogP contribution in [0.5, 0.6) is 0 Å². The Morgan fingerprint density at radius 3 is 2.72 bits per heavy atom. The molecule has 1 heterocycles. The highest BCUT2D eigenvalue weighted by atomic mass is 19.1. The topological polar surface area (TPSA) is 29.9 Å². The molecular weight excluding hydrogens is 229 g/mol. The van der Waals surface area contributed by atoms with Gasteiger partial charge in [-0.3, -0.25) is 4.68 Å². The maximum Gasteiger partial charge on any atom is 0.128 e. The smallest absolute Gasteiger partial charge is 0.128 e. The summed E-state index contributed by atoms with van der Waals surface area (Å²) in [5.74, 6) is -0.180. The number of benzene rings is 1. The molecule has 0 spiro atoms. The van der Waals surface area contributed by atoms with Crippen LogP contribution in [0.4, 0.5) is 10.1 Å². The Morgan fingerprint density at radius 2 is 2.11 bits per heavy atom. The third-order valence-corrected chi connectivity index (χ3v) is 3.16. The van der Waals surface area contributed by atoms with Crippen LogP contribution in [0.15, 0.2) is 24.4 Å². The molecule has 1 N–H and O–H groups in total. The van der Waals surface area contributed by atoms with E-state index in [0.717, 1.165) is 23.5 Å². The van der Waals surface area contributed by atoms with E-state index < -0.39 is 0 Å². The van der Waals surface area contributed by atoms with Gasteiger partial charge in [-0.1, -0.05) is 6.07 Å². The van der Waals surface area contributed by atoms with Crippen molar-refractivity contribution in [3.63, 3.8) is 0 Å². The predicted octanol–water partition coefficient (Wildman–Crippen LogP) is 3.27. The molecule has 1 aromatic carbocycles. The second kappa shape index (κ2) is 5.21. The first-order valence-corrected chi connectivity index (χ1v) is 6.13. The van der Waals surface area contributed by atoms with Crippen LogP contribution in [-0.4, -0.2) is 9.78 Å². The van der Waals surface area contributed by atoms with E-state index in [9.17, 15) is 4.39 Å². The lowest BCUT2D eigenvalue weighted by molar-refractivity contribution is 0.619. The molecule has 0 bridgehead atoms. The number of rotatable bonds is 4. The zero-order chi connectivity index (χ0) is 13.1. The Balaban J connectivity index is 2.06. The Bertz CT molecular complexity index is 546. The minimum atomic E-state index is -0.180. The lowest BCUT2D eigenvalue weighted by Gasteiger charge is -2.07. The maximum atomic E-state index is 13.4. The summed E-state index contributed by atoms with van der Waals surface area (Å²) in [4.78, 5) is 0. The van der Waals surface area contributed by atoms with Gasteiger partial charge in [0.2, 0.25) is 0 Å². The minimum Gasteiger partial charge on any atom is -0.381 e. The van der Waals surface area contributed by atoms with Crippen molar-refractivity contribution in [2.45, 2.75) is 33.9 Å². The fraction of sp³-hybridized carbons (Fsp3) is 0.357. The molecular formula is C14H18FN3. The number of anilines is 1. The van der Waals surface area contributed by atoms with Gasteiger partial charge in [0.15, 0.2) is 0 Å². The fourth-order valence-electron chi connectivity index (χ4n) is 1.88. The summed E-state index contributed by atoms with van der Waals surface area (Å²) in [5.41, 5.74) is 3.74. The monoisotopic (exact) mass is 247 g/mol. The van der Waals surface area contributed by atoms with E-state index in [1.54, 1.807) is 13.0 Å². The standard InChI is InChI=1S/C14H18FN3/c1-4-18-11(3)12(9-17-18)8-16-13-6-5-10(2)14(15)7-13/h5-7,9,16H,4,8H2,1-3H3. The van der Waals surface area contributed by atoms with E-state index in [1.165, 1.54) is 6.07 Å². The first-order valence-electron chi connectivity index (χ1n) is 6.13. The summed E-state index contributed by atoms with van der Waals surface area (Å²) in [7, 11) is 0. The number of aryl methyl sites for hydroxylation is 2. The van der Waals surface area contributed by atoms with Crippen LogP contribution in [0.3, 0.4) is 0 Å². The second-order valence-corrected chi connectivity index (χ2v) is 4.39. The molecule has 0 aliphatic heterocycles. The van der Waals surface area contributed by atoms with Gasteiger partial charge in [-0.05, 0) is 38.5 Å². The van der Waals surface area contributed by atoms with E-state index in [4.69, 9.17) is 0 Å². The number of nitrogens with zero attached hydrogens (tertiary/aromatic N) is 2. The maximum absolute atomic E-state index is 13.4. The first kappa shape index (κ1) is 12.6. The molecule has 0 saturated heterocycles. The summed E-state index contributed by atoms with van der Waals surface area (Å²) in [6, 6.07) is 5.19. The van der Waals surface area contributed by atoms with E-state index in [2.05, 4.69) is 17.3 Å². The van der Waals surface area contributed by atoms with Crippen LogP contribution in [0.2, 0.25) is 0 Å². The number of halogens is 1. The molecule has 0 amide bonds. The van der Waals surface area contributed by atoms with Crippen LogP contribution >= 0.6 is 0 Å². The molecule has 2 aromatic rings. The van der Waals surface area contributed by atoms with Gasteiger partial charge in [-0.15, -0.1) is 0 Å². The van der Waals surface area contributed by atoms with Crippen molar-refractivity contribution in [3.05, 3.63) is 47.0 Å². The molecule has 2 rings (SSSR count). The van der Waals surface area contributed by atoms with E-state index in [0.29, 0.717) is 12.1 Å². The predicted molar refractivity (Wildman–Crippen MR) is 71.1 cm³/mol.